The van der Waals surface area contributed by atoms with Crippen LogP contribution < -0.4 is 10.6 Å². The number of anilines is 2. The molecule has 0 saturated carbocycles. The van der Waals surface area contributed by atoms with Crippen LogP contribution in [0.15, 0.2) is 23.6 Å². The summed E-state index contributed by atoms with van der Waals surface area (Å²) in [5, 5.41) is 6.19. The number of carbonyl (C=O) groups excluding carboxylic acids is 1. The lowest BCUT2D eigenvalue weighted by Gasteiger charge is -2.10. The van der Waals surface area contributed by atoms with Crippen LogP contribution in [0.25, 0.3) is 16.2 Å². The number of carbonyl (C=O) groups is 1. The van der Waals surface area contributed by atoms with Crippen LogP contribution in [0.4, 0.5) is 11.6 Å². The summed E-state index contributed by atoms with van der Waals surface area (Å²) in [6.45, 7) is 0. The number of rotatable bonds is 1. The van der Waals surface area contributed by atoms with Crippen LogP contribution in [-0.4, -0.2) is 27.6 Å². The monoisotopic (exact) mass is 285 g/mol. The van der Waals surface area contributed by atoms with Crippen molar-refractivity contribution in [1.82, 2.24) is 14.6 Å². The molecule has 4 rings (SSSR count). The van der Waals surface area contributed by atoms with E-state index in [9.17, 15) is 4.79 Å². The van der Waals surface area contributed by atoms with Crippen molar-refractivity contribution in [2.24, 2.45) is 0 Å². The summed E-state index contributed by atoms with van der Waals surface area (Å²) in [5.74, 6) is 0.395. The van der Waals surface area contributed by atoms with E-state index in [1.807, 2.05) is 23.6 Å². The molecule has 3 aromatic rings. The maximum absolute atomic E-state index is 11.7. The van der Waals surface area contributed by atoms with Gasteiger partial charge in [0.2, 0.25) is 16.8 Å². The number of hydrogen-bond donors (Lipinski definition) is 1. The van der Waals surface area contributed by atoms with Crippen LogP contribution >= 0.6 is 11.3 Å². The summed E-state index contributed by atoms with van der Waals surface area (Å²) in [6, 6.07) is 6.00. The number of nitrogens with zero attached hydrogens (tertiary/aromatic N) is 4. The van der Waals surface area contributed by atoms with Gasteiger partial charge in [0.15, 0.2) is 0 Å². The topological polar surface area (TPSA) is 76.5 Å². The molecular formula is C13H11N5OS. The fourth-order valence-electron chi connectivity index (χ4n) is 2.52. The highest BCUT2D eigenvalue weighted by atomic mass is 32.1. The molecule has 0 radical (unpaired) electrons. The van der Waals surface area contributed by atoms with Crippen molar-refractivity contribution in [3.63, 3.8) is 0 Å². The molecule has 0 fully saturated rings. The van der Waals surface area contributed by atoms with E-state index in [1.165, 1.54) is 11.3 Å². The summed E-state index contributed by atoms with van der Waals surface area (Å²) in [7, 11) is 1.80. The zero-order valence-corrected chi connectivity index (χ0v) is 11.5. The Hall–Kier alpha value is -2.41. The number of nitrogens with two attached hydrogens (primary N) is 1. The van der Waals surface area contributed by atoms with Crippen LogP contribution in [-0.2, 0) is 11.2 Å². The van der Waals surface area contributed by atoms with Gasteiger partial charge in [-0.25, -0.2) is 4.52 Å². The average Bonchev–Trinajstić information content (AvgIpc) is 3.03. The molecule has 0 unspecified atom stereocenters. The molecule has 20 heavy (non-hydrogen) atoms. The summed E-state index contributed by atoms with van der Waals surface area (Å²) in [4.78, 5) is 18.3. The minimum Gasteiger partial charge on any atom is -0.366 e. The Kier molecular flexibility index (Phi) is 2.17. The predicted octanol–water partition coefficient (Wildman–Crippen LogP) is 1.56. The second kappa shape index (κ2) is 3.80. The first-order valence-electron chi connectivity index (χ1n) is 6.13. The number of benzene rings is 1. The van der Waals surface area contributed by atoms with Gasteiger partial charge in [-0.15, -0.1) is 16.4 Å². The molecule has 1 aliphatic heterocycles. The SMILES string of the molecule is CN1C(=O)Cc2cc(-c3csc4nc(N)nn34)ccc21. The second-order valence-electron chi connectivity index (χ2n) is 4.76. The number of likely N-dealkylation sites (N-methyl/N-ethyl adjacent to an activating group) is 1. The highest BCUT2D eigenvalue weighted by Crippen LogP contribution is 2.33. The highest BCUT2D eigenvalue weighted by molar-refractivity contribution is 7.15. The number of aromatic nitrogens is 3. The van der Waals surface area contributed by atoms with Gasteiger partial charge < -0.3 is 10.6 Å². The van der Waals surface area contributed by atoms with Crippen molar-refractivity contribution in [3.05, 3.63) is 29.1 Å². The molecular weight excluding hydrogens is 274 g/mol. The molecule has 3 heterocycles. The minimum absolute atomic E-state index is 0.123. The smallest absolute Gasteiger partial charge is 0.241 e. The van der Waals surface area contributed by atoms with E-state index in [0.29, 0.717) is 6.42 Å². The lowest BCUT2D eigenvalue weighted by atomic mass is 10.1. The second-order valence-corrected chi connectivity index (χ2v) is 5.59. The molecule has 0 bridgehead atoms. The summed E-state index contributed by atoms with van der Waals surface area (Å²) in [5.41, 5.74) is 9.60. The molecule has 0 atom stereocenters. The third-order valence-electron chi connectivity index (χ3n) is 3.55. The molecule has 7 heteroatoms. The van der Waals surface area contributed by atoms with Crippen molar-refractivity contribution in [2.75, 3.05) is 17.7 Å². The van der Waals surface area contributed by atoms with Crippen molar-refractivity contribution in [2.45, 2.75) is 6.42 Å². The van der Waals surface area contributed by atoms with Gasteiger partial charge in [-0.1, -0.05) is 6.07 Å². The summed E-state index contributed by atoms with van der Waals surface area (Å²) >= 11 is 1.50. The van der Waals surface area contributed by atoms with Gasteiger partial charge in [-0.05, 0) is 17.7 Å². The van der Waals surface area contributed by atoms with Crippen LogP contribution in [0.5, 0.6) is 0 Å². The Balaban J connectivity index is 1.88. The molecule has 0 saturated heterocycles. The van der Waals surface area contributed by atoms with Gasteiger partial charge in [0.05, 0.1) is 12.1 Å². The van der Waals surface area contributed by atoms with Gasteiger partial charge in [-0.3, -0.25) is 4.79 Å². The lowest BCUT2D eigenvalue weighted by molar-refractivity contribution is -0.117. The van der Waals surface area contributed by atoms with Crippen LogP contribution in [0.2, 0.25) is 0 Å². The van der Waals surface area contributed by atoms with Crippen molar-refractivity contribution >= 4 is 33.8 Å². The standard InChI is InChI=1S/C13H11N5OS/c1-17-9-3-2-7(4-8(9)5-11(17)19)10-6-20-13-15-12(14)16-18(10)13/h2-4,6H,5H2,1H3,(H2,14,16). The Morgan fingerprint density at radius 2 is 2.25 bits per heavy atom. The number of hydrogen-bond acceptors (Lipinski definition) is 5. The molecule has 0 aliphatic carbocycles. The number of amides is 1. The molecule has 6 nitrogen and oxygen atoms in total. The Morgan fingerprint density at radius 1 is 1.40 bits per heavy atom. The fraction of sp³-hybridized carbons (Fsp3) is 0.154. The Labute approximate surface area is 118 Å². The molecule has 2 aromatic heterocycles. The third kappa shape index (κ3) is 1.47. The fourth-order valence-corrected chi connectivity index (χ4v) is 3.36. The van der Waals surface area contributed by atoms with E-state index >= 15 is 0 Å². The normalized spacial score (nSPS) is 14.2. The van der Waals surface area contributed by atoms with E-state index in [4.69, 9.17) is 5.73 Å². The van der Waals surface area contributed by atoms with Crippen LogP contribution in [0.1, 0.15) is 5.56 Å². The molecule has 100 valence electrons. The minimum atomic E-state index is 0.123. The van der Waals surface area contributed by atoms with Crippen molar-refractivity contribution in [1.29, 1.82) is 0 Å². The Bertz CT molecular complexity index is 850. The molecule has 2 N–H and O–H groups in total. The quantitative estimate of drug-likeness (QED) is 0.736. The van der Waals surface area contributed by atoms with Crippen LogP contribution in [0.3, 0.4) is 0 Å². The van der Waals surface area contributed by atoms with Gasteiger partial charge >= 0.3 is 0 Å². The van der Waals surface area contributed by atoms with Gasteiger partial charge in [-0.2, -0.15) is 4.98 Å². The van der Waals surface area contributed by atoms with Crippen molar-refractivity contribution in [3.8, 4) is 11.3 Å². The average molecular weight is 285 g/mol. The maximum Gasteiger partial charge on any atom is 0.241 e. The van der Waals surface area contributed by atoms with Gasteiger partial charge in [0.25, 0.3) is 0 Å². The number of fused-ring (bicyclic) bond motifs is 2. The van der Waals surface area contributed by atoms with E-state index in [0.717, 1.165) is 27.5 Å². The summed E-state index contributed by atoms with van der Waals surface area (Å²) in [6.07, 6.45) is 0.451. The Morgan fingerprint density at radius 3 is 3.10 bits per heavy atom. The zero-order chi connectivity index (χ0) is 13.9. The predicted molar refractivity (Wildman–Crippen MR) is 77.8 cm³/mol. The van der Waals surface area contributed by atoms with E-state index < -0.39 is 0 Å². The van der Waals surface area contributed by atoms with Crippen LogP contribution in [0, 0.1) is 0 Å². The highest BCUT2D eigenvalue weighted by Gasteiger charge is 2.24. The van der Waals surface area contributed by atoms with Crippen molar-refractivity contribution < 1.29 is 4.79 Å². The zero-order valence-electron chi connectivity index (χ0n) is 10.7. The summed E-state index contributed by atoms with van der Waals surface area (Å²) < 4.78 is 1.74. The van der Waals surface area contributed by atoms with Gasteiger partial charge in [0.1, 0.15) is 0 Å². The van der Waals surface area contributed by atoms with E-state index in [-0.39, 0.29) is 11.9 Å². The van der Waals surface area contributed by atoms with Gasteiger partial charge in [0, 0.05) is 23.7 Å². The molecule has 1 amide bonds. The largest absolute Gasteiger partial charge is 0.366 e. The number of thiazole rings is 1. The number of nitrogen functional groups attached to an aromatic ring is 1. The molecule has 0 spiro atoms. The first-order chi connectivity index (χ1) is 9.63. The third-order valence-corrected chi connectivity index (χ3v) is 4.37. The first kappa shape index (κ1) is 11.4. The lowest BCUT2D eigenvalue weighted by Crippen LogP contribution is -2.20. The first-order valence-corrected chi connectivity index (χ1v) is 7.01. The van der Waals surface area contributed by atoms with E-state index in [2.05, 4.69) is 10.1 Å². The maximum atomic E-state index is 11.7. The molecule has 1 aliphatic rings. The molecule has 1 aromatic carbocycles. The van der Waals surface area contributed by atoms with E-state index in [1.54, 1.807) is 16.5 Å².